The van der Waals surface area contributed by atoms with E-state index in [1.165, 1.54) is 6.08 Å². The van der Waals surface area contributed by atoms with Gasteiger partial charge in [0.05, 0.1) is 33.4 Å². The van der Waals surface area contributed by atoms with Gasteiger partial charge in [-0.25, -0.2) is 18.6 Å². The van der Waals surface area contributed by atoms with Gasteiger partial charge >= 0.3 is 6.09 Å². The summed E-state index contributed by atoms with van der Waals surface area (Å²) in [6.07, 6.45) is 3.75. The number of carbonyl (C=O) groups excluding carboxylic acids is 2. The first-order chi connectivity index (χ1) is 12.7. The lowest BCUT2D eigenvalue weighted by atomic mass is 9.86. The molecule has 1 rings (SSSR count). The van der Waals surface area contributed by atoms with Crippen LogP contribution in [0.15, 0.2) is 12.2 Å². The standard InChI is InChI=1S/C20H36N2O5S/c1-10-13-20(8,26-9)16(21-28(25)19(5,6)7)14-11-12-15(23)22(14)17(24)27-18(2,3)4/h11-12,14,16,21H,10,13H2,1-9H3/t14-,16-,20+,28?/m1/s1. The molecule has 0 spiro atoms. The first-order valence-electron chi connectivity index (χ1n) is 9.64. The minimum absolute atomic E-state index is 0.456. The van der Waals surface area contributed by atoms with Gasteiger partial charge in [-0.3, -0.25) is 4.79 Å². The third kappa shape index (κ3) is 6.12. The third-order valence-corrected chi connectivity index (χ3v) is 6.14. The molecule has 0 saturated heterocycles. The Kier molecular flexibility index (Phi) is 8.01. The number of imide groups is 1. The Morgan fingerprint density at radius 2 is 1.82 bits per heavy atom. The summed E-state index contributed by atoms with van der Waals surface area (Å²) in [5.41, 5.74) is -1.49. The van der Waals surface area contributed by atoms with Crippen molar-refractivity contribution in [1.29, 1.82) is 0 Å². The highest BCUT2D eigenvalue weighted by atomic mass is 32.2. The van der Waals surface area contributed by atoms with E-state index >= 15 is 0 Å². The van der Waals surface area contributed by atoms with Crippen molar-refractivity contribution in [2.45, 2.75) is 96.3 Å². The Morgan fingerprint density at radius 3 is 2.25 bits per heavy atom. The van der Waals surface area contributed by atoms with Crippen LogP contribution >= 0.6 is 0 Å². The van der Waals surface area contributed by atoms with Crippen molar-refractivity contribution in [2.75, 3.05) is 7.11 Å². The topological polar surface area (TPSA) is 84.9 Å². The summed E-state index contributed by atoms with van der Waals surface area (Å²) in [4.78, 5) is 26.3. The molecule has 8 heteroatoms. The van der Waals surface area contributed by atoms with Crippen molar-refractivity contribution in [1.82, 2.24) is 9.62 Å². The lowest BCUT2D eigenvalue weighted by molar-refractivity contribution is -0.127. The fraction of sp³-hybridized carbons (Fsp3) is 0.800. The predicted octanol–water partition coefficient (Wildman–Crippen LogP) is 3.31. The maximum atomic E-state index is 12.9. The molecular formula is C20H36N2O5S. The lowest BCUT2D eigenvalue weighted by Gasteiger charge is -2.42. The number of rotatable bonds is 7. The molecule has 1 aliphatic rings. The van der Waals surface area contributed by atoms with Gasteiger partial charge < -0.3 is 9.47 Å². The maximum Gasteiger partial charge on any atom is 0.417 e. The third-order valence-electron chi connectivity index (χ3n) is 4.56. The van der Waals surface area contributed by atoms with Crippen LogP contribution in [0.2, 0.25) is 0 Å². The van der Waals surface area contributed by atoms with E-state index in [0.717, 1.165) is 11.3 Å². The Hall–Kier alpha value is -1.25. The smallest absolute Gasteiger partial charge is 0.417 e. The molecule has 1 unspecified atom stereocenters. The molecule has 1 heterocycles. The summed E-state index contributed by atoms with van der Waals surface area (Å²) in [6.45, 7) is 14.7. The van der Waals surface area contributed by atoms with Crippen molar-refractivity contribution in [2.24, 2.45) is 0 Å². The average Bonchev–Trinajstić information content (AvgIpc) is 2.91. The zero-order valence-electron chi connectivity index (χ0n) is 18.6. The molecule has 2 amide bonds. The van der Waals surface area contributed by atoms with Crippen LogP contribution in [0.1, 0.15) is 68.2 Å². The van der Waals surface area contributed by atoms with Crippen molar-refractivity contribution < 1.29 is 23.3 Å². The zero-order chi connectivity index (χ0) is 21.9. The van der Waals surface area contributed by atoms with Crippen LogP contribution in [0.3, 0.4) is 0 Å². The highest BCUT2D eigenvalue weighted by molar-refractivity contribution is 7.84. The molecule has 0 saturated carbocycles. The Bertz CT molecular complexity index is 635. The highest BCUT2D eigenvalue weighted by Crippen LogP contribution is 2.31. The second kappa shape index (κ2) is 9.05. The van der Waals surface area contributed by atoms with E-state index in [2.05, 4.69) is 4.72 Å². The fourth-order valence-corrected chi connectivity index (χ4v) is 3.98. The van der Waals surface area contributed by atoms with Crippen LogP contribution in [0.4, 0.5) is 4.79 Å². The number of methoxy groups -OCH3 is 1. The van der Waals surface area contributed by atoms with E-state index in [1.807, 2.05) is 34.6 Å². The SMILES string of the molecule is CCC[C@](C)(OC)[C@H](NS(=O)C(C)(C)C)[C@H]1C=CC(=O)N1C(=O)OC(C)(C)C. The molecule has 0 aromatic carbocycles. The molecule has 0 radical (unpaired) electrons. The summed E-state index contributed by atoms with van der Waals surface area (Å²) < 4.78 is 26.7. The summed E-state index contributed by atoms with van der Waals surface area (Å²) in [7, 11) is 0.158. The zero-order valence-corrected chi connectivity index (χ0v) is 19.4. The molecule has 7 nitrogen and oxygen atoms in total. The van der Waals surface area contributed by atoms with Gasteiger partial charge in [-0.1, -0.05) is 19.4 Å². The van der Waals surface area contributed by atoms with Crippen molar-refractivity contribution in [3.8, 4) is 0 Å². The Balaban J connectivity index is 3.33. The number of nitrogens with one attached hydrogen (secondary N) is 1. The Labute approximate surface area is 171 Å². The van der Waals surface area contributed by atoms with Crippen LogP contribution in [-0.2, 0) is 25.3 Å². The van der Waals surface area contributed by atoms with E-state index in [9.17, 15) is 13.8 Å². The first-order valence-corrected chi connectivity index (χ1v) is 10.8. The van der Waals surface area contributed by atoms with Gasteiger partial charge in [0.25, 0.3) is 5.91 Å². The first kappa shape index (κ1) is 24.8. The molecule has 0 bridgehead atoms. The van der Waals surface area contributed by atoms with E-state index in [0.29, 0.717) is 6.42 Å². The van der Waals surface area contributed by atoms with Crippen LogP contribution < -0.4 is 4.72 Å². The molecule has 0 aliphatic carbocycles. The summed E-state index contributed by atoms with van der Waals surface area (Å²) >= 11 is 0. The van der Waals surface area contributed by atoms with Gasteiger partial charge in [0, 0.05) is 13.2 Å². The number of amides is 2. The molecule has 1 N–H and O–H groups in total. The van der Waals surface area contributed by atoms with Crippen molar-refractivity contribution >= 4 is 23.0 Å². The van der Waals surface area contributed by atoms with E-state index < -0.39 is 51.0 Å². The minimum atomic E-state index is -1.43. The van der Waals surface area contributed by atoms with Gasteiger partial charge in [-0.2, -0.15) is 0 Å². The number of hydrogen-bond acceptors (Lipinski definition) is 5. The van der Waals surface area contributed by atoms with Gasteiger partial charge in [0.1, 0.15) is 5.60 Å². The highest BCUT2D eigenvalue weighted by Gasteiger charge is 2.48. The van der Waals surface area contributed by atoms with Crippen LogP contribution in [0.25, 0.3) is 0 Å². The normalized spacial score (nSPS) is 22.1. The summed E-state index contributed by atoms with van der Waals surface area (Å²) in [5.74, 6) is -0.456. The van der Waals surface area contributed by atoms with Gasteiger partial charge in [-0.05, 0) is 54.9 Å². The van der Waals surface area contributed by atoms with Crippen molar-refractivity contribution in [3.05, 3.63) is 12.2 Å². The molecule has 0 fully saturated rings. The predicted molar refractivity (Wildman–Crippen MR) is 111 cm³/mol. The van der Waals surface area contributed by atoms with Gasteiger partial charge in [-0.15, -0.1) is 0 Å². The van der Waals surface area contributed by atoms with Gasteiger partial charge in [0.15, 0.2) is 0 Å². The molecule has 1 aliphatic heterocycles. The second-order valence-electron chi connectivity index (χ2n) is 9.28. The van der Waals surface area contributed by atoms with Crippen molar-refractivity contribution in [3.63, 3.8) is 0 Å². The lowest BCUT2D eigenvalue weighted by Crippen LogP contribution is -2.63. The number of ether oxygens (including phenoxy) is 2. The summed E-state index contributed by atoms with van der Waals surface area (Å²) in [5, 5.41) is 0. The molecule has 28 heavy (non-hydrogen) atoms. The van der Waals surface area contributed by atoms with Crippen LogP contribution in [0, 0.1) is 0 Å². The molecule has 4 atom stereocenters. The molecule has 0 aromatic heterocycles. The van der Waals surface area contributed by atoms with E-state index in [1.54, 1.807) is 34.0 Å². The number of carbonyl (C=O) groups is 2. The largest absolute Gasteiger partial charge is 0.443 e. The quantitative estimate of drug-likeness (QED) is 0.688. The van der Waals surface area contributed by atoms with Crippen LogP contribution in [0.5, 0.6) is 0 Å². The van der Waals surface area contributed by atoms with Crippen LogP contribution in [-0.4, -0.2) is 56.3 Å². The average molecular weight is 417 g/mol. The molecule has 162 valence electrons. The monoisotopic (exact) mass is 416 g/mol. The summed E-state index contributed by atoms with van der Waals surface area (Å²) in [6, 6.07) is -1.25. The minimum Gasteiger partial charge on any atom is -0.443 e. The Morgan fingerprint density at radius 1 is 1.25 bits per heavy atom. The fourth-order valence-electron chi connectivity index (χ4n) is 3.01. The van der Waals surface area contributed by atoms with E-state index in [4.69, 9.17) is 9.47 Å². The van der Waals surface area contributed by atoms with E-state index in [-0.39, 0.29) is 0 Å². The van der Waals surface area contributed by atoms with Gasteiger partial charge in [0.2, 0.25) is 0 Å². The number of hydrogen-bond donors (Lipinski definition) is 1. The maximum absolute atomic E-state index is 12.9. The second-order valence-corrected chi connectivity index (χ2v) is 11.3. The molecule has 0 aromatic rings. The molecular weight excluding hydrogens is 380 g/mol. The number of nitrogens with zero attached hydrogens (tertiary/aromatic N) is 1.